The van der Waals surface area contributed by atoms with Crippen LogP contribution in [-0.4, -0.2) is 12.4 Å². The summed E-state index contributed by atoms with van der Waals surface area (Å²) in [6.45, 7) is 2.61. The van der Waals surface area contributed by atoms with Gasteiger partial charge in [0, 0.05) is 17.7 Å². The maximum atomic E-state index is 12.2. The van der Waals surface area contributed by atoms with Crippen LogP contribution < -0.4 is 10.1 Å². The molecule has 0 unspecified atom stereocenters. The van der Waals surface area contributed by atoms with Crippen molar-refractivity contribution in [2.24, 2.45) is 0 Å². The minimum absolute atomic E-state index is 0.0119. The SMILES string of the molecule is CCOc1cccc([C@H]2CC(=O)c3ccccc3N2)c1. The number of hydrogen-bond donors (Lipinski definition) is 1. The number of nitrogens with one attached hydrogen (secondary N) is 1. The van der Waals surface area contributed by atoms with Crippen molar-refractivity contribution in [3.8, 4) is 5.75 Å². The van der Waals surface area contributed by atoms with Crippen molar-refractivity contribution >= 4 is 11.5 Å². The fraction of sp³-hybridized carbons (Fsp3) is 0.235. The Labute approximate surface area is 118 Å². The molecule has 0 saturated heterocycles. The Bertz CT molecular complexity index is 636. The third-order valence-corrected chi connectivity index (χ3v) is 3.52. The number of para-hydroxylation sites is 1. The number of anilines is 1. The van der Waals surface area contributed by atoms with Crippen LogP contribution in [0, 0.1) is 0 Å². The number of carbonyl (C=O) groups is 1. The number of fused-ring (bicyclic) bond motifs is 1. The lowest BCUT2D eigenvalue weighted by molar-refractivity contribution is 0.0972. The van der Waals surface area contributed by atoms with E-state index in [9.17, 15) is 4.79 Å². The molecule has 1 atom stereocenters. The van der Waals surface area contributed by atoms with Crippen molar-refractivity contribution in [2.75, 3.05) is 11.9 Å². The first-order valence-corrected chi connectivity index (χ1v) is 6.89. The summed E-state index contributed by atoms with van der Waals surface area (Å²) in [7, 11) is 0. The van der Waals surface area contributed by atoms with Gasteiger partial charge in [-0.25, -0.2) is 0 Å². The second-order valence-corrected chi connectivity index (χ2v) is 4.88. The van der Waals surface area contributed by atoms with Crippen LogP contribution >= 0.6 is 0 Å². The molecule has 1 N–H and O–H groups in total. The van der Waals surface area contributed by atoms with Crippen molar-refractivity contribution in [3.05, 3.63) is 59.7 Å². The second-order valence-electron chi connectivity index (χ2n) is 4.88. The Morgan fingerprint density at radius 3 is 2.90 bits per heavy atom. The zero-order valence-electron chi connectivity index (χ0n) is 11.4. The minimum Gasteiger partial charge on any atom is -0.494 e. The van der Waals surface area contributed by atoms with Crippen LogP contribution in [0.2, 0.25) is 0 Å². The molecule has 2 aromatic carbocycles. The zero-order chi connectivity index (χ0) is 13.9. The molecule has 0 amide bonds. The first-order chi connectivity index (χ1) is 9.78. The van der Waals surface area contributed by atoms with E-state index >= 15 is 0 Å². The number of benzene rings is 2. The first-order valence-electron chi connectivity index (χ1n) is 6.89. The normalized spacial score (nSPS) is 17.2. The lowest BCUT2D eigenvalue weighted by atomic mass is 9.92. The molecular formula is C17H17NO2. The lowest BCUT2D eigenvalue weighted by Crippen LogP contribution is -2.22. The average Bonchev–Trinajstić information content (AvgIpc) is 2.48. The van der Waals surface area contributed by atoms with E-state index in [1.807, 2.05) is 55.5 Å². The predicted molar refractivity (Wildman–Crippen MR) is 79.4 cm³/mol. The van der Waals surface area contributed by atoms with Gasteiger partial charge in [0.15, 0.2) is 5.78 Å². The van der Waals surface area contributed by atoms with E-state index in [0.29, 0.717) is 13.0 Å². The fourth-order valence-corrected chi connectivity index (χ4v) is 2.58. The number of rotatable bonds is 3. The third-order valence-electron chi connectivity index (χ3n) is 3.52. The maximum Gasteiger partial charge on any atom is 0.167 e. The molecule has 3 nitrogen and oxygen atoms in total. The molecule has 3 rings (SSSR count). The molecule has 0 radical (unpaired) electrons. The number of hydrogen-bond acceptors (Lipinski definition) is 3. The summed E-state index contributed by atoms with van der Waals surface area (Å²) in [6.07, 6.45) is 0.479. The molecule has 2 aromatic rings. The van der Waals surface area contributed by atoms with Gasteiger partial charge < -0.3 is 10.1 Å². The molecule has 0 aliphatic carbocycles. The molecule has 20 heavy (non-hydrogen) atoms. The van der Waals surface area contributed by atoms with Crippen LogP contribution in [0.4, 0.5) is 5.69 Å². The molecule has 1 heterocycles. The van der Waals surface area contributed by atoms with Crippen LogP contribution in [0.3, 0.4) is 0 Å². The Hall–Kier alpha value is -2.29. The molecule has 102 valence electrons. The van der Waals surface area contributed by atoms with Gasteiger partial charge >= 0.3 is 0 Å². The third kappa shape index (κ3) is 2.39. The first kappa shape index (κ1) is 12.7. The van der Waals surface area contributed by atoms with Crippen LogP contribution in [0.5, 0.6) is 5.75 Å². The van der Waals surface area contributed by atoms with Gasteiger partial charge in [-0.2, -0.15) is 0 Å². The Kier molecular flexibility index (Phi) is 3.42. The molecule has 0 spiro atoms. The molecule has 1 aliphatic rings. The molecular weight excluding hydrogens is 250 g/mol. The summed E-state index contributed by atoms with van der Waals surface area (Å²) < 4.78 is 5.52. The number of ether oxygens (including phenoxy) is 1. The highest BCUT2D eigenvalue weighted by Gasteiger charge is 2.25. The van der Waals surface area contributed by atoms with Crippen LogP contribution in [0.1, 0.15) is 35.3 Å². The van der Waals surface area contributed by atoms with Gasteiger partial charge in [0.1, 0.15) is 5.75 Å². The molecule has 0 fully saturated rings. The summed E-state index contributed by atoms with van der Waals surface area (Å²) in [4.78, 5) is 12.2. The van der Waals surface area contributed by atoms with Gasteiger partial charge in [0.25, 0.3) is 0 Å². The molecule has 0 aromatic heterocycles. The summed E-state index contributed by atoms with van der Waals surface area (Å²) in [5.41, 5.74) is 2.78. The van der Waals surface area contributed by atoms with Crippen LogP contribution in [0.25, 0.3) is 0 Å². The molecule has 0 saturated carbocycles. The Balaban J connectivity index is 1.89. The van der Waals surface area contributed by atoms with Gasteiger partial charge in [-0.05, 0) is 36.8 Å². The van der Waals surface area contributed by atoms with Gasteiger partial charge in [0.2, 0.25) is 0 Å². The summed E-state index contributed by atoms with van der Waals surface area (Å²) in [5.74, 6) is 1.03. The Morgan fingerprint density at radius 1 is 1.20 bits per heavy atom. The summed E-state index contributed by atoms with van der Waals surface area (Å²) >= 11 is 0. The number of carbonyl (C=O) groups excluding carboxylic acids is 1. The van der Waals surface area contributed by atoms with E-state index < -0.39 is 0 Å². The Morgan fingerprint density at radius 2 is 2.05 bits per heavy atom. The second kappa shape index (κ2) is 5.37. The highest BCUT2D eigenvalue weighted by Crippen LogP contribution is 2.33. The minimum atomic E-state index is 0.0119. The van der Waals surface area contributed by atoms with Crippen LogP contribution in [0.15, 0.2) is 48.5 Å². The van der Waals surface area contributed by atoms with E-state index in [1.165, 1.54) is 0 Å². The molecule has 0 bridgehead atoms. The number of Topliss-reactive ketones (excluding diaryl/α,β-unsaturated/α-hetero) is 1. The van der Waals surface area contributed by atoms with E-state index in [4.69, 9.17) is 4.74 Å². The summed E-state index contributed by atoms with van der Waals surface area (Å²) in [6, 6.07) is 15.6. The molecule has 1 aliphatic heterocycles. The largest absolute Gasteiger partial charge is 0.494 e. The van der Waals surface area contributed by atoms with E-state index in [2.05, 4.69) is 5.32 Å². The predicted octanol–water partition coefficient (Wildman–Crippen LogP) is 3.82. The quantitative estimate of drug-likeness (QED) is 0.918. The van der Waals surface area contributed by atoms with Crippen molar-refractivity contribution in [1.82, 2.24) is 0 Å². The fourth-order valence-electron chi connectivity index (χ4n) is 2.58. The summed E-state index contributed by atoms with van der Waals surface area (Å²) in [5, 5.41) is 3.44. The van der Waals surface area contributed by atoms with Crippen LogP contribution in [-0.2, 0) is 0 Å². The van der Waals surface area contributed by atoms with Crippen molar-refractivity contribution in [2.45, 2.75) is 19.4 Å². The van der Waals surface area contributed by atoms with Gasteiger partial charge in [-0.1, -0.05) is 24.3 Å². The van der Waals surface area contributed by atoms with E-state index in [1.54, 1.807) is 0 Å². The smallest absolute Gasteiger partial charge is 0.167 e. The highest BCUT2D eigenvalue weighted by molar-refractivity contribution is 6.03. The lowest BCUT2D eigenvalue weighted by Gasteiger charge is -2.26. The van der Waals surface area contributed by atoms with Crippen molar-refractivity contribution < 1.29 is 9.53 Å². The van der Waals surface area contributed by atoms with Gasteiger partial charge in [-0.3, -0.25) is 4.79 Å². The topological polar surface area (TPSA) is 38.3 Å². The average molecular weight is 267 g/mol. The van der Waals surface area contributed by atoms with Crippen molar-refractivity contribution in [1.29, 1.82) is 0 Å². The standard InChI is InChI=1S/C17H17NO2/c1-2-20-13-7-5-6-12(10-13)16-11-17(19)14-8-3-4-9-15(14)18-16/h3-10,16,18H,2,11H2,1H3/t16-/m1/s1. The monoisotopic (exact) mass is 267 g/mol. The van der Waals surface area contributed by atoms with Crippen molar-refractivity contribution in [3.63, 3.8) is 0 Å². The van der Waals surface area contributed by atoms with Gasteiger partial charge in [0.05, 0.1) is 12.6 Å². The maximum absolute atomic E-state index is 12.2. The zero-order valence-corrected chi connectivity index (χ0v) is 11.4. The number of ketones is 1. The van der Waals surface area contributed by atoms with E-state index in [-0.39, 0.29) is 11.8 Å². The highest BCUT2D eigenvalue weighted by atomic mass is 16.5. The molecule has 3 heteroatoms. The van der Waals surface area contributed by atoms with Gasteiger partial charge in [-0.15, -0.1) is 0 Å². The van der Waals surface area contributed by atoms with E-state index in [0.717, 1.165) is 22.6 Å².